The minimum atomic E-state index is -1.42. The third-order valence-electron chi connectivity index (χ3n) is 30.3. The van der Waals surface area contributed by atoms with Gasteiger partial charge in [-0.15, -0.1) is 0 Å². The molecule has 12 saturated carbocycles. The Kier molecular flexibility index (Phi) is 30.1. The Balaban J connectivity index is 0.000000138. The van der Waals surface area contributed by atoms with Crippen LogP contribution in [0.4, 0.5) is 0 Å². The lowest BCUT2D eigenvalue weighted by Gasteiger charge is -2.36. The van der Waals surface area contributed by atoms with Crippen LogP contribution in [0.25, 0.3) is 0 Å². The van der Waals surface area contributed by atoms with Crippen LogP contribution in [0.15, 0.2) is 72.9 Å². The van der Waals surface area contributed by atoms with Crippen LogP contribution in [-0.2, 0) is 181 Å². The molecule has 18 fully saturated rings. The summed E-state index contributed by atoms with van der Waals surface area (Å²) in [6.45, 7) is 40.4. The molecule has 0 N–H and O–H groups in total. The maximum atomic E-state index is 12.5. The maximum absolute atomic E-state index is 12.5. The van der Waals surface area contributed by atoms with E-state index in [2.05, 4.69) is 39.5 Å². The quantitative estimate of drug-likeness (QED) is 0.0268. The second kappa shape index (κ2) is 40.2. The molecule has 18 aliphatic rings. The van der Waals surface area contributed by atoms with Gasteiger partial charge < -0.3 is 90.0 Å². The molecule has 12 bridgehead atoms. The number of carbonyl (C=O) groups is 19. The highest BCUT2D eigenvalue weighted by atomic mass is 16.7. The Bertz CT molecular complexity index is 4920. The molecule has 18 rings (SSSR count). The smallest absolute Gasteiger partial charge is 0.350 e. The van der Waals surface area contributed by atoms with Crippen molar-refractivity contribution < 1.29 is 181 Å². The number of ether oxygens (including phenoxy) is 19. The van der Waals surface area contributed by atoms with E-state index in [0.717, 1.165) is 64.2 Å². The number of rotatable bonds is 32. The number of fused-ring (bicyclic) bond motifs is 6. The van der Waals surface area contributed by atoms with Crippen LogP contribution in [0.3, 0.4) is 0 Å². The van der Waals surface area contributed by atoms with Gasteiger partial charge in [0, 0.05) is 103 Å². The number of hydrogen-bond acceptors (Lipinski definition) is 38. The summed E-state index contributed by atoms with van der Waals surface area (Å²) in [7, 11) is 0. The van der Waals surface area contributed by atoms with Crippen molar-refractivity contribution >= 4 is 113 Å². The molecule has 6 saturated heterocycles. The van der Waals surface area contributed by atoms with Gasteiger partial charge in [-0.05, 0) is 146 Å². The van der Waals surface area contributed by atoms with Crippen molar-refractivity contribution in [3.05, 3.63) is 72.9 Å². The average Bonchev–Trinajstić information content (AvgIpc) is 1.55. The molecule has 30 atom stereocenters. The molecule has 742 valence electrons. The van der Waals surface area contributed by atoms with E-state index < -0.39 is 107 Å². The van der Waals surface area contributed by atoms with Gasteiger partial charge in [-0.2, -0.15) is 0 Å². The Morgan fingerprint density at radius 2 is 0.706 bits per heavy atom. The minimum Gasteiger partial charge on any atom is -0.462 e. The van der Waals surface area contributed by atoms with Crippen LogP contribution in [0.1, 0.15) is 199 Å². The monoisotopic (exact) mass is 1910 g/mol. The third-order valence-corrected chi connectivity index (χ3v) is 30.3. The molecule has 0 aromatic carbocycles. The molecule has 38 heteroatoms. The van der Waals surface area contributed by atoms with Crippen LogP contribution in [0.5, 0.6) is 0 Å². The number of hydrogen-bond donors (Lipinski definition) is 0. The second-order valence-electron chi connectivity index (χ2n) is 40.8. The number of esters is 19. The van der Waals surface area contributed by atoms with Gasteiger partial charge in [-0.3, -0.25) is 57.5 Å². The highest BCUT2D eigenvalue weighted by Gasteiger charge is 2.74. The fourth-order valence-corrected chi connectivity index (χ4v) is 23.8. The summed E-state index contributed by atoms with van der Waals surface area (Å²) in [5, 5.41) is 0. The van der Waals surface area contributed by atoms with Crippen LogP contribution < -0.4 is 0 Å². The summed E-state index contributed by atoms with van der Waals surface area (Å²) >= 11 is 0. The van der Waals surface area contributed by atoms with Crippen molar-refractivity contribution in [1.29, 1.82) is 0 Å². The minimum absolute atomic E-state index is 0.00297. The molecule has 12 aliphatic carbocycles. The summed E-state index contributed by atoms with van der Waals surface area (Å²) < 4.78 is 99.9. The predicted molar refractivity (Wildman–Crippen MR) is 458 cm³/mol. The largest absolute Gasteiger partial charge is 0.462 e. The van der Waals surface area contributed by atoms with E-state index in [9.17, 15) is 91.1 Å². The molecular formula is C98H122O38. The lowest BCUT2D eigenvalue weighted by Crippen LogP contribution is -2.47. The lowest BCUT2D eigenvalue weighted by molar-refractivity contribution is -0.189. The molecule has 0 radical (unpaired) electrons. The molecule has 6 heterocycles. The summed E-state index contributed by atoms with van der Waals surface area (Å²) in [4.78, 5) is 222. The van der Waals surface area contributed by atoms with Crippen molar-refractivity contribution in [3.8, 4) is 0 Å². The van der Waals surface area contributed by atoms with E-state index in [1.807, 2.05) is 27.7 Å². The van der Waals surface area contributed by atoms with Crippen molar-refractivity contribution in [2.45, 2.75) is 277 Å². The van der Waals surface area contributed by atoms with E-state index in [1.54, 1.807) is 27.7 Å². The Morgan fingerprint density at radius 3 is 1.16 bits per heavy atom. The fraction of sp³-hybridized carbons (Fsp3) is 0.684. The highest BCUT2D eigenvalue weighted by molar-refractivity contribution is 5.92. The van der Waals surface area contributed by atoms with Gasteiger partial charge in [0.2, 0.25) is 5.60 Å². The average molecular weight is 1910 g/mol. The van der Waals surface area contributed by atoms with Gasteiger partial charge in [-0.25, -0.2) is 33.6 Å². The zero-order chi connectivity index (χ0) is 99.4. The SMILES string of the molecule is C=C(C)C(=O)OC(C)(C)C(=O)OC1C2OC(=O)C3CC1(C)CC32.C=C(C)C(=O)OCCC(=O)OC1(C)C2CC3C(=O)OC1C3C2.C=C(C)C(=O)OCCC(=O)OC1C2CC3C(=O)OC1(C)C3C2.C=C(C)C(=O)OCCC(=O)OC1C2CC3C(=O)OC1C3C2.C=C(C)C(=O)OCCC(=O)OC1C2OC(=O)C3CC1(C)CC32.C=C(C)C(=O)OCCOC(=O)CCC(=O)OC1C2CC3C(=O)OC1C3C2. The second-order valence-corrected chi connectivity index (χ2v) is 40.8. The van der Waals surface area contributed by atoms with Crippen molar-refractivity contribution in [1.82, 2.24) is 0 Å². The lowest BCUT2D eigenvalue weighted by atomic mass is 9.79. The standard InChI is InChI=1S/C18H22O8.C17H22O6.3C16H20O6.C15H18O6/c1-9(2)17(21)24-6-5-23-13(19)3-4-14(20)25-15-10-7-11-12(8-10)18(22)26-16(11)15;1-8(2)13(18)23-16(3,4)15(20)22-12-11-9-6-17(12,5)7-10(9)14(19)21-11;1-8(2)14(18)20-5-4-11(17)21-13-12-9-6-16(13,3)7-10(9)15(19)22-12;1-8(2)14(18)20-5-4-12(17)22-16(3)9-6-10-11(7-9)15(19)21-13(10)16;1-8(2)14(18)20-5-4-12(17)21-13-9-6-10-11(7-9)16(13,3)22-15(10)19;1-7(2)14(17)19-4-3-11(16)20-12-8-5-9-10(6-8)15(18)21-13(9)12/h10-12,15-16H,1,3-8H2,2H3;9-12H,1,6-7H2,2-5H3;9-10,12-13H,1,4-7H2,2-3H3;2*9-11,13H,1,4-7H2,2-3H3;8-10,12-13H,1,3-6H2,2H3. The summed E-state index contributed by atoms with van der Waals surface area (Å²) in [6, 6.07) is 0. The normalized spacial score (nSPS) is 36.0. The molecule has 136 heavy (non-hydrogen) atoms. The summed E-state index contributed by atoms with van der Waals surface area (Å²) in [6.07, 6.45) is 5.62. The number of carbonyl (C=O) groups excluding carboxylic acids is 19. The van der Waals surface area contributed by atoms with Gasteiger partial charge in [0.25, 0.3) is 0 Å². The van der Waals surface area contributed by atoms with Gasteiger partial charge in [0.1, 0.15) is 112 Å². The third kappa shape index (κ3) is 20.9. The molecular weight excluding hydrogens is 1790 g/mol. The van der Waals surface area contributed by atoms with Gasteiger partial charge in [0.05, 0.1) is 74.0 Å². The topological polar surface area (TPSA) is 500 Å². The van der Waals surface area contributed by atoms with Crippen LogP contribution >= 0.6 is 0 Å². The molecule has 6 aliphatic heterocycles. The van der Waals surface area contributed by atoms with E-state index in [1.165, 1.54) is 27.7 Å². The first-order valence-corrected chi connectivity index (χ1v) is 46.5. The predicted octanol–water partition coefficient (Wildman–Crippen LogP) is 7.82. The first kappa shape index (κ1) is 102. The molecule has 0 aromatic rings. The van der Waals surface area contributed by atoms with Crippen LogP contribution in [0, 0.1) is 106 Å². The zero-order valence-corrected chi connectivity index (χ0v) is 78.7. The van der Waals surface area contributed by atoms with Crippen molar-refractivity contribution in [2.24, 2.45) is 106 Å². The van der Waals surface area contributed by atoms with E-state index >= 15 is 0 Å². The molecule has 0 aromatic heterocycles. The highest BCUT2D eigenvalue weighted by Crippen LogP contribution is 2.66. The molecule has 30 unspecified atom stereocenters. The molecule has 0 amide bonds. The first-order valence-electron chi connectivity index (χ1n) is 46.5. The summed E-state index contributed by atoms with van der Waals surface area (Å²) in [5.41, 5.74) is -1.65. The van der Waals surface area contributed by atoms with Gasteiger partial charge in [0.15, 0.2) is 0 Å². The summed E-state index contributed by atoms with van der Waals surface area (Å²) in [5.74, 6) is -6.13. The zero-order valence-electron chi connectivity index (χ0n) is 78.7. The van der Waals surface area contributed by atoms with Gasteiger partial charge >= 0.3 is 113 Å². The van der Waals surface area contributed by atoms with E-state index in [0.29, 0.717) is 18.4 Å². The Labute approximate surface area is 785 Å². The van der Waals surface area contributed by atoms with Gasteiger partial charge in [-0.1, -0.05) is 53.3 Å². The van der Waals surface area contributed by atoms with E-state index in [-0.39, 0.29) is 296 Å². The fourth-order valence-electron chi connectivity index (χ4n) is 23.8. The Morgan fingerprint density at radius 1 is 0.338 bits per heavy atom. The maximum Gasteiger partial charge on any atom is 0.350 e. The molecule has 38 nitrogen and oxygen atoms in total. The molecule has 0 spiro atoms. The van der Waals surface area contributed by atoms with Crippen LogP contribution in [0.2, 0.25) is 0 Å². The van der Waals surface area contributed by atoms with Crippen molar-refractivity contribution in [3.63, 3.8) is 0 Å². The van der Waals surface area contributed by atoms with Crippen LogP contribution in [-0.4, -0.2) is 231 Å². The Hall–Kier alpha value is -11.6. The first-order chi connectivity index (χ1) is 63.8. The van der Waals surface area contributed by atoms with Crippen molar-refractivity contribution in [2.75, 3.05) is 39.6 Å². The van der Waals surface area contributed by atoms with E-state index in [4.69, 9.17) is 90.0 Å².